The standard InChI is InChI=1S/C23H19NO2/c25-23(26)15-11-12-21-20(13-15)17-8-4-10-19(17)22(24-21)18-9-3-6-14-5-1-2-7-16(14)18/h1-9,11-13,17,19,22,24H,10H2,(H,25,26)/t17-,19-,22-/m1/s1. The van der Waals surface area contributed by atoms with Crippen LogP contribution in [-0.2, 0) is 0 Å². The molecule has 0 amide bonds. The van der Waals surface area contributed by atoms with Crippen molar-refractivity contribution >= 4 is 22.4 Å². The molecule has 26 heavy (non-hydrogen) atoms. The van der Waals surface area contributed by atoms with E-state index in [9.17, 15) is 9.90 Å². The number of hydrogen-bond acceptors (Lipinski definition) is 2. The molecule has 0 radical (unpaired) electrons. The van der Waals surface area contributed by atoms with Gasteiger partial charge in [0.15, 0.2) is 0 Å². The van der Waals surface area contributed by atoms with Gasteiger partial charge in [-0.05, 0) is 52.4 Å². The topological polar surface area (TPSA) is 49.3 Å². The first-order valence-electron chi connectivity index (χ1n) is 9.00. The van der Waals surface area contributed by atoms with Gasteiger partial charge < -0.3 is 10.4 Å². The van der Waals surface area contributed by atoms with Gasteiger partial charge in [-0.25, -0.2) is 4.79 Å². The highest BCUT2D eigenvalue weighted by Crippen LogP contribution is 2.50. The average Bonchev–Trinajstić information content (AvgIpc) is 3.16. The van der Waals surface area contributed by atoms with E-state index in [1.807, 2.05) is 12.1 Å². The van der Waals surface area contributed by atoms with E-state index in [1.165, 1.54) is 16.3 Å². The van der Waals surface area contributed by atoms with E-state index >= 15 is 0 Å². The predicted molar refractivity (Wildman–Crippen MR) is 104 cm³/mol. The molecular weight excluding hydrogens is 322 g/mol. The summed E-state index contributed by atoms with van der Waals surface area (Å²) in [6, 6.07) is 20.6. The van der Waals surface area contributed by atoms with Gasteiger partial charge in [0.25, 0.3) is 0 Å². The zero-order chi connectivity index (χ0) is 17.7. The summed E-state index contributed by atoms with van der Waals surface area (Å²) >= 11 is 0. The van der Waals surface area contributed by atoms with E-state index in [4.69, 9.17) is 0 Å². The normalized spacial score (nSPS) is 23.3. The lowest BCUT2D eigenvalue weighted by molar-refractivity contribution is 0.0696. The Morgan fingerprint density at radius 3 is 2.73 bits per heavy atom. The maximum absolute atomic E-state index is 11.4. The van der Waals surface area contributed by atoms with Crippen LogP contribution in [0.2, 0.25) is 0 Å². The Hall–Kier alpha value is -3.07. The molecule has 0 fully saturated rings. The molecule has 0 aromatic heterocycles. The molecule has 3 aromatic carbocycles. The van der Waals surface area contributed by atoms with Gasteiger partial charge in [-0.2, -0.15) is 0 Å². The summed E-state index contributed by atoms with van der Waals surface area (Å²) in [6.07, 6.45) is 5.48. The molecule has 3 nitrogen and oxygen atoms in total. The minimum atomic E-state index is -0.873. The molecule has 0 saturated heterocycles. The highest BCUT2D eigenvalue weighted by Gasteiger charge is 2.38. The van der Waals surface area contributed by atoms with Gasteiger partial charge in [0.2, 0.25) is 0 Å². The van der Waals surface area contributed by atoms with Crippen LogP contribution in [0.4, 0.5) is 5.69 Å². The second-order valence-corrected chi connectivity index (χ2v) is 7.15. The first-order valence-corrected chi connectivity index (χ1v) is 9.00. The van der Waals surface area contributed by atoms with Gasteiger partial charge >= 0.3 is 5.97 Å². The number of carboxylic acids is 1. The lowest BCUT2D eigenvalue weighted by atomic mass is 9.76. The van der Waals surface area contributed by atoms with Gasteiger partial charge in [0.05, 0.1) is 11.6 Å². The number of aromatic carboxylic acids is 1. The number of carboxylic acid groups (broad SMARTS) is 1. The molecule has 1 heterocycles. The quantitative estimate of drug-likeness (QED) is 0.617. The Balaban J connectivity index is 1.65. The number of hydrogen-bond donors (Lipinski definition) is 2. The minimum absolute atomic E-state index is 0.212. The highest BCUT2D eigenvalue weighted by molar-refractivity contribution is 5.89. The number of fused-ring (bicyclic) bond motifs is 4. The Kier molecular flexibility index (Phi) is 3.35. The highest BCUT2D eigenvalue weighted by atomic mass is 16.4. The van der Waals surface area contributed by atoms with Gasteiger partial charge in [-0.1, -0.05) is 54.6 Å². The molecule has 0 bridgehead atoms. The molecule has 128 valence electrons. The Morgan fingerprint density at radius 2 is 1.85 bits per heavy atom. The van der Waals surface area contributed by atoms with E-state index in [-0.39, 0.29) is 12.0 Å². The van der Waals surface area contributed by atoms with Crippen molar-refractivity contribution in [2.45, 2.75) is 18.4 Å². The van der Waals surface area contributed by atoms with Gasteiger partial charge in [0, 0.05) is 11.6 Å². The maximum atomic E-state index is 11.4. The fraction of sp³-hybridized carbons (Fsp3) is 0.174. The molecule has 0 unspecified atom stereocenters. The van der Waals surface area contributed by atoms with Crippen molar-refractivity contribution in [3.63, 3.8) is 0 Å². The van der Waals surface area contributed by atoms with Crippen LogP contribution in [0.15, 0.2) is 72.8 Å². The third kappa shape index (κ3) is 2.24. The van der Waals surface area contributed by atoms with Crippen molar-refractivity contribution in [1.29, 1.82) is 0 Å². The molecule has 0 saturated carbocycles. The number of carbonyl (C=O) groups is 1. The summed E-state index contributed by atoms with van der Waals surface area (Å²) in [4.78, 5) is 11.4. The molecule has 3 heteroatoms. The third-order valence-electron chi connectivity index (χ3n) is 5.77. The number of anilines is 1. The van der Waals surface area contributed by atoms with E-state index in [2.05, 4.69) is 59.9 Å². The van der Waals surface area contributed by atoms with Crippen molar-refractivity contribution in [1.82, 2.24) is 0 Å². The average molecular weight is 341 g/mol. The van der Waals surface area contributed by atoms with Crippen LogP contribution >= 0.6 is 0 Å². The number of allylic oxidation sites excluding steroid dienone is 2. The van der Waals surface area contributed by atoms with Crippen LogP contribution in [0.25, 0.3) is 10.8 Å². The Bertz CT molecular complexity index is 1050. The molecule has 2 N–H and O–H groups in total. The summed E-state index contributed by atoms with van der Waals surface area (Å²) in [7, 11) is 0. The summed E-state index contributed by atoms with van der Waals surface area (Å²) in [5.74, 6) is -0.214. The van der Waals surface area contributed by atoms with Crippen molar-refractivity contribution in [3.05, 3.63) is 89.5 Å². The molecule has 1 aliphatic heterocycles. The molecule has 3 atom stereocenters. The summed E-state index contributed by atoms with van der Waals surface area (Å²) in [5, 5.41) is 15.6. The second kappa shape index (κ2) is 5.73. The van der Waals surface area contributed by atoms with Crippen LogP contribution in [0.3, 0.4) is 0 Å². The predicted octanol–water partition coefficient (Wildman–Crippen LogP) is 5.36. The van der Waals surface area contributed by atoms with Crippen LogP contribution in [0.5, 0.6) is 0 Å². The smallest absolute Gasteiger partial charge is 0.335 e. The van der Waals surface area contributed by atoms with Crippen LogP contribution < -0.4 is 5.32 Å². The fourth-order valence-corrected chi connectivity index (χ4v) is 4.56. The Morgan fingerprint density at radius 1 is 1.00 bits per heavy atom. The maximum Gasteiger partial charge on any atom is 0.335 e. The van der Waals surface area contributed by atoms with E-state index in [0.29, 0.717) is 11.5 Å². The van der Waals surface area contributed by atoms with E-state index < -0.39 is 5.97 Å². The van der Waals surface area contributed by atoms with Crippen LogP contribution in [0.1, 0.15) is 39.9 Å². The molecular formula is C23H19NO2. The molecule has 1 aliphatic carbocycles. The molecule has 3 aromatic rings. The zero-order valence-electron chi connectivity index (χ0n) is 14.2. The van der Waals surface area contributed by atoms with Crippen LogP contribution in [-0.4, -0.2) is 11.1 Å². The molecule has 5 rings (SSSR count). The van der Waals surface area contributed by atoms with Crippen molar-refractivity contribution in [2.24, 2.45) is 5.92 Å². The minimum Gasteiger partial charge on any atom is -0.478 e. The number of benzene rings is 3. The van der Waals surface area contributed by atoms with Crippen LogP contribution in [0, 0.1) is 5.92 Å². The lowest BCUT2D eigenvalue weighted by Gasteiger charge is -2.38. The van der Waals surface area contributed by atoms with Crippen molar-refractivity contribution < 1.29 is 9.90 Å². The number of nitrogens with one attached hydrogen (secondary N) is 1. The Labute approximate surface area is 152 Å². The monoisotopic (exact) mass is 341 g/mol. The van der Waals surface area contributed by atoms with Gasteiger partial charge in [0.1, 0.15) is 0 Å². The zero-order valence-corrected chi connectivity index (χ0v) is 14.2. The van der Waals surface area contributed by atoms with Gasteiger partial charge in [-0.15, -0.1) is 0 Å². The summed E-state index contributed by atoms with van der Waals surface area (Å²) < 4.78 is 0. The third-order valence-corrected chi connectivity index (χ3v) is 5.77. The largest absolute Gasteiger partial charge is 0.478 e. The number of rotatable bonds is 2. The van der Waals surface area contributed by atoms with E-state index in [1.54, 1.807) is 6.07 Å². The SMILES string of the molecule is O=C(O)c1ccc2c(c1)[C@@H]1C=CC[C@H]1[C@@H](c1cccc3ccccc13)N2. The first kappa shape index (κ1) is 15.2. The molecule has 0 spiro atoms. The van der Waals surface area contributed by atoms with Crippen molar-refractivity contribution in [2.75, 3.05) is 5.32 Å². The van der Waals surface area contributed by atoms with Crippen molar-refractivity contribution in [3.8, 4) is 0 Å². The summed E-state index contributed by atoms with van der Waals surface area (Å²) in [6.45, 7) is 0. The second-order valence-electron chi connectivity index (χ2n) is 7.15. The first-order chi connectivity index (χ1) is 12.7. The lowest BCUT2D eigenvalue weighted by Crippen LogP contribution is -2.29. The molecule has 2 aliphatic rings. The van der Waals surface area contributed by atoms with E-state index in [0.717, 1.165) is 17.7 Å². The summed E-state index contributed by atoms with van der Waals surface area (Å²) in [5.41, 5.74) is 3.81. The fourth-order valence-electron chi connectivity index (χ4n) is 4.56. The van der Waals surface area contributed by atoms with Gasteiger partial charge in [-0.3, -0.25) is 0 Å².